The summed E-state index contributed by atoms with van der Waals surface area (Å²) in [6.07, 6.45) is 3.56. The van der Waals surface area contributed by atoms with Crippen LogP contribution >= 0.6 is 11.3 Å². The summed E-state index contributed by atoms with van der Waals surface area (Å²) in [6, 6.07) is 0.132. The van der Waals surface area contributed by atoms with E-state index in [9.17, 15) is 0 Å². The molecule has 0 radical (unpaired) electrons. The second-order valence-corrected chi connectivity index (χ2v) is 5.01. The average molecular weight is 196 g/mol. The van der Waals surface area contributed by atoms with Crippen LogP contribution in [0, 0.1) is 0 Å². The van der Waals surface area contributed by atoms with Gasteiger partial charge >= 0.3 is 0 Å². The number of hydrogen-bond donors (Lipinski definition) is 1. The third-order valence-corrected chi connectivity index (χ3v) is 4.02. The standard InChI is InChI=1S/C10H16N2S/c1-3-7(11)8-6-13-9(12-8)10(2)4-5-10/h6-7H,3-5,11H2,1-2H3. The van der Waals surface area contributed by atoms with E-state index < -0.39 is 0 Å². The van der Waals surface area contributed by atoms with Crippen LogP contribution < -0.4 is 5.73 Å². The number of nitrogens with zero attached hydrogens (tertiary/aromatic N) is 1. The molecule has 1 heterocycles. The van der Waals surface area contributed by atoms with Gasteiger partial charge in [0.05, 0.1) is 10.7 Å². The molecule has 2 rings (SSSR count). The Morgan fingerprint density at radius 3 is 2.92 bits per heavy atom. The zero-order chi connectivity index (χ0) is 9.47. The van der Waals surface area contributed by atoms with Crippen LogP contribution in [0.4, 0.5) is 0 Å². The summed E-state index contributed by atoms with van der Waals surface area (Å²) in [7, 11) is 0. The van der Waals surface area contributed by atoms with Crippen LogP contribution in [-0.4, -0.2) is 4.98 Å². The van der Waals surface area contributed by atoms with Gasteiger partial charge < -0.3 is 5.73 Å². The van der Waals surface area contributed by atoms with Crippen LogP contribution in [-0.2, 0) is 5.41 Å². The van der Waals surface area contributed by atoms with Gasteiger partial charge in [-0.2, -0.15) is 0 Å². The van der Waals surface area contributed by atoms with Gasteiger partial charge in [-0.05, 0) is 19.3 Å². The predicted octanol–water partition coefficient (Wildman–Crippen LogP) is 2.60. The smallest absolute Gasteiger partial charge is 0.0988 e. The molecule has 2 N–H and O–H groups in total. The second kappa shape index (κ2) is 3.07. The summed E-state index contributed by atoms with van der Waals surface area (Å²) in [4.78, 5) is 4.61. The predicted molar refractivity (Wildman–Crippen MR) is 55.9 cm³/mol. The molecule has 1 unspecified atom stereocenters. The molecule has 2 nitrogen and oxygen atoms in total. The lowest BCUT2D eigenvalue weighted by atomic mass is 10.1. The molecular formula is C10H16N2S. The lowest BCUT2D eigenvalue weighted by Crippen LogP contribution is -2.09. The molecule has 1 aromatic rings. The van der Waals surface area contributed by atoms with Crippen LogP contribution in [0.5, 0.6) is 0 Å². The van der Waals surface area contributed by atoms with Crippen LogP contribution in [0.1, 0.15) is 49.9 Å². The van der Waals surface area contributed by atoms with E-state index >= 15 is 0 Å². The second-order valence-electron chi connectivity index (χ2n) is 4.15. The van der Waals surface area contributed by atoms with Gasteiger partial charge in [0.25, 0.3) is 0 Å². The minimum Gasteiger partial charge on any atom is -0.323 e. The Kier molecular flexibility index (Phi) is 2.16. The molecule has 0 amide bonds. The summed E-state index contributed by atoms with van der Waals surface area (Å²) in [5, 5.41) is 3.40. The van der Waals surface area contributed by atoms with Crippen molar-refractivity contribution in [1.82, 2.24) is 4.98 Å². The van der Waals surface area contributed by atoms with E-state index in [-0.39, 0.29) is 6.04 Å². The Balaban J connectivity index is 2.18. The van der Waals surface area contributed by atoms with Crippen LogP contribution in [0.3, 0.4) is 0 Å². The first-order chi connectivity index (χ1) is 6.15. The monoisotopic (exact) mass is 196 g/mol. The topological polar surface area (TPSA) is 38.9 Å². The Morgan fingerprint density at radius 2 is 2.38 bits per heavy atom. The van der Waals surface area contributed by atoms with Gasteiger partial charge in [0.15, 0.2) is 0 Å². The summed E-state index contributed by atoms with van der Waals surface area (Å²) >= 11 is 1.77. The van der Waals surface area contributed by atoms with Gasteiger partial charge in [-0.25, -0.2) is 4.98 Å². The molecule has 0 spiro atoms. The first-order valence-corrected chi connectivity index (χ1v) is 5.75. The number of rotatable bonds is 3. The van der Waals surface area contributed by atoms with E-state index in [1.165, 1.54) is 17.8 Å². The van der Waals surface area contributed by atoms with E-state index in [1.807, 2.05) is 0 Å². The van der Waals surface area contributed by atoms with Crippen LogP contribution in [0.2, 0.25) is 0 Å². The van der Waals surface area contributed by atoms with Gasteiger partial charge in [0.1, 0.15) is 0 Å². The Morgan fingerprint density at radius 1 is 1.69 bits per heavy atom. The lowest BCUT2D eigenvalue weighted by molar-refractivity contribution is 0.668. The summed E-state index contributed by atoms with van der Waals surface area (Å²) in [6.45, 7) is 4.38. The highest BCUT2D eigenvalue weighted by molar-refractivity contribution is 7.09. The van der Waals surface area contributed by atoms with Crippen molar-refractivity contribution in [3.05, 3.63) is 16.1 Å². The Hall–Kier alpha value is -0.410. The first kappa shape index (κ1) is 9.16. The summed E-state index contributed by atoms with van der Waals surface area (Å²) in [5.74, 6) is 0. The number of aromatic nitrogens is 1. The Labute approximate surface area is 83.2 Å². The number of nitrogens with two attached hydrogens (primary N) is 1. The zero-order valence-electron chi connectivity index (χ0n) is 8.21. The fourth-order valence-corrected chi connectivity index (χ4v) is 2.45. The normalized spacial score (nSPS) is 21.5. The van der Waals surface area contributed by atoms with E-state index in [2.05, 4.69) is 24.2 Å². The molecule has 0 aromatic carbocycles. The van der Waals surface area contributed by atoms with Crippen molar-refractivity contribution in [2.75, 3.05) is 0 Å². The van der Waals surface area contributed by atoms with Gasteiger partial charge in [0.2, 0.25) is 0 Å². The molecule has 1 aliphatic carbocycles. The van der Waals surface area contributed by atoms with Gasteiger partial charge in [-0.3, -0.25) is 0 Å². The van der Waals surface area contributed by atoms with E-state index in [1.54, 1.807) is 11.3 Å². The van der Waals surface area contributed by atoms with Crippen molar-refractivity contribution in [2.24, 2.45) is 5.73 Å². The minimum absolute atomic E-state index is 0.132. The van der Waals surface area contributed by atoms with E-state index in [0.717, 1.165) is 12.1 Å². The van der Waals surface area contributed by atoms with Crippen molar-refractivity contribution < 1.29 is 0 Å². The number of thiazole rings is 1. The third kappa shape index (κ3) is 1.63. The van der Waals surface area contributed by atoms with Gasteiger partial charge in [0, 0.05) is 16.8 Å². The fourth-order valence-electron chi connectivity index (χ4n) is 1.34. The average Bonchev–Trinajstić information content (AvgIpc) is 2.72. The minimum atomic E-state index is 0.132. The molecule has 1 aliphatic rings. The lowest BCUT2D eigenvalue weighted by Gasteiger charge is -2.04. The molecule has 0 aliphatic heterocycles. The maximum Gasteiger partial charge on any atom is 0.0988 e. The van der Waals surface area contributed by atoms with E-state index in [0.29, 0.717) is 5.41 Å². The highest BCUT2D eigenvalue weighted by atomic mass is 32.1. The largest absolute Gasteiger partial charge is 0.323 e. The Bertz CT molecular complexity index is 302. The summed E-state index contributed by atoms with van der Waals surface area (Å²) < 4.78 is 0. The van der Waals surface area contributed by atoms with Crippen molar-refractivity contribution in [3.8, 4) is 0 Å². The van der Waals surface area contributed by atoms with Crippen molar-refractivity contribution >= 4 is 11.3 Å². The molecule has 1 fully saturated rings. The molecule has 3 heteroatoms. The van der Waals surface area contributed by atoms with Gasteiger partial charge in [-0.1, -0.05) is 13.8 Å². The van der Waals surface area contributed by atoms with Crippen molar-refractivity contribution in [2.45, 2.75) is 44.6 Å². The molecule has 1 aromatic heterocycles. The molecule has 1 saturated carbocycles. The quantitative estimate of drug-likeness (QED) is 0.807. The molecular weight excluding hydrogens is 180 g/mol. The highest BCUT2D eigenvalue weighted by Gasteiger charge is 2.41. The molecule has 0 saturated heterocycles. The SMILES string of the molecule is CCC(N)c1csc(C2(C)CC2)n1. The van der Waals surface area contributed by atoms with Crippen molar-refractivity contribution in [3.63, 3.8) is 0 Å². The molecule has 1 atom stereocenters. The maximum absolute atomic E-state index is 5.92. The molecule has 0 bridgehead atoms. The third-order valence-electron chi connectivity index (χ3n) is 2.86. The van der Waals surface area contributed by atoms with Gasteiger partial charge in [-0.15, -0.1) is 11.3 Å². The van der Waals surface area contributed by atoms with E-state index in [4.69, 9.17) is 5.73 Å². The fraction of sp³-hybridized carbons (Fsp3) is 0.700. The van der Waals surface area contributed by atoms with Crippen LogP contribution in [0.15, 0.2) is 5.38 Å². The summed E-state index contributed by atoms with van der Waals surface area (Å²) in [5.41, 5.74) is 7.39. The maximum atomic E-state index is 5.92. The van der Waals surface area contributed by atoms with Crippen LogP contribution in [0.25, 0.3) is 0 Å². The first-order valence-electron chi connectivity index (χ1n) is 4.87. The molecule has 13 heavy (non-hydrogen) atoms. The zero-order valence-corrected chi connectivity index (χ0v) is 9.03. The van der Waals surface area contributed by atoms with Crippen molar-refractivity contribution in [1.29, 1.82) is 0 Å². The molecule has 72 valence electrons. The number of hydrogen-bond acceptors (Lipinski definition) is 3. The highest BCUT2D eigenvalue weighted by Crippen LogP contribution is 2.48.